The molecule has 5 heteroatoms. The van der Waals surface area contributed by atoms with Crippen molar-refractivity contribution in [2.45, 2.75) is 126 Å². The summed E-state index contributed by atoms with van der Waals surface area (Å²) in [5, 5.41) is 8.82. The summed E-state index contributed by atoms with van der Waals surface area (Å²) < 4.78 is 2.00. The molecule has 1 heterocycles. The summed E-state index contributed by atoms with van der Waals surface area (Å²) >= 11 is 0. The summed E-state index contributed by atoms with van der Waals surface area (Å²) in [6.07, 6.45) is 12.2. The number of ketones is 1. The van der Waals surface area contributed by atoms with Gasteiger partial charge in [-0.1, -0.05) is 90.2 Å². The molecule has 0 aliphatic heterocycles. The Morgan fingerprint density at radius 2 is 1.56 bits per heavy atom. The minimum absolute atomic E-state index is 0.179. The van der Waals surface area contributed by atoms with E-state index in [1.165, 1.54) is 37.7 Å². The van der Waals surface area contributed by atoms with Crippen LogP contribution in [-0.2, 0) is 36.9 Å². The van der Waals surface area contributed by atoms with Crippen LogP contribution in [0.5, 0.6) is 0 Å². The van der Waals surface area contributed by atoms with Crippen molar-refractivity contribution in [1.29, 1.82) is 0 Å². The molecule has 1 aromatic carbocycles. The fraction of sp³-hybridized carbons (Fsp3) is 0.710. The van der Waals surface area contributed by atoms with E-state index in [1.54, 1.807) is 6.92 Å². The third-order valence-corrected chi connectivity index (χ3v) is 7.46. The third kappa shape index (κ3) is 11.4. The quantitative estimate of drug-likeness (QED) is 0.246. The maximum Gasteiger partial charge on any atom is 0.134 e. The zero-order valence-corrected chi connectivity index (χ0v) is 24.4. The minimum atomic E-state index is 0.179. The van der Waals surface area contributed by atoms with Gasteiger partial charge in [-0.15, -0.1) is 5.10 Å². The van der Waals surface area contributed by atoms with Gasteiger partial charge < -0.3 is 0 Å². The van der Waals surface area contributed by atoms with Gasteiger partial charge in [0.2, 0.25) is 0 Å². The Morgan fingerprint density at radius 3 is 2.17 bits per heavy atom. The van der Waals surface area contributed by atoms with Gasteiger partial charge >= 0.3 is 0 Å². The standard InChI is InChI=1S/C31H50BN3O/c1-24(36)20-26-11-10-25(22-32)21-27(26)12-13-28-23-35(34-33-28)19-18-31(7,8)15-9-14-30(5,6)17-16-29(2,3)4/h10-11,21,23H,9,12-20,22H2,1-8H3. The molecule has 2 rings (SSSR count). The SMILES string of the molecule is [B]Cc1ccc(CC(C)=O)c(CCc2cn(CCC(C)(C)CCCC(C)(C)CCC(C)(C)C)nn2)c1. The van der Waals surface area contributed by atoms with Crippen molar-refractivity contribution in [3.8, 4) is 0 Å². The molecule has 4 nitrogen and oxygen atoms in total. The van der Waals surface area contributed by atoms with E-state index in [2.05, 4.69) is 71.0 Å². The first-order valence-corrected chi connectivity index (χ1v) is 13.9. The zero-order chi connectivity index (χ0) is 27.0. The number of nitrogens with zero attached hydrogens (tertiary/aromatic N) is 3. The van der Waals surface area contributed by atoms with Crippen molar-refractivity contribution < 1.29 is 4.79 Å². The fourth-order valence-electron chi connectivity index (χ4n) is 4.73. The number of carbonyl (C=O) groups is 1. The van der Waals surface area contributed by atoms with E-state index < -0.39 is 0 Å². The number of rotatable bonds is 15. The van der Waals surface area contributed by atoms with Gasteiger partial charge in [-0.3, -0.25) is 9.48 Å². The van der Waals surface area contributed by atoms with E-state index in [4.69, 9.17) is 7.85 Å². The van der Waals surface area contributed by atoms with Crippen LogP contribution in [-0.4, -0.2) is 28.6 Å². The second-order valence-electron chi connectivity index (χ2n) is 13.7. The van der Waals surface area contributed by atoms with Crippen molar-refractivity contribution in [2.75, 3.05) is 0 Å². The predicted molar refractivity (Wildman–Crippen MR) is 152 cm³/mol. The third-order valence-electron chi connectivity index (χ3n) is 7.46. The van der Waals surface area contributed by atoms with Crippen LogP contribution in [0.1, 0.15) is 116 Å². The molecule has 0 bridgehead atoms. The normalized spacial score (nSPS) is 12.8. The molecule has 0 saturated heterocycles. The molecule has 1 aromatic heterocycles. The van der Waals surface area contributed by atoms with Crippen LogP contribution in [0.15, 0.2) is 24.4 Å². The van der Waals surface area contributed by atoms with E-state index >= 15 is 0 Å². The maximum atomic E-state index is 11.7. The van der Waals surface area contributed by atoms with E-state index in [9.17, 15) is 4.79 Å². The maximum absolute atomic E-state index is 11.7. The smallest absolute Gasteiger partial charge is 0.134 e. The highest BCUT2D eigenvalue weighted by Gasteiger charge is 2.24. The van der Waals surface area contributed by atoms with Crippen molar-refractivity contribution in [3.63, 3.8) is 0 Å². The van der Waals surface area contributed by atoms with Gasteiger partial charge in [0, 0.05) is 19.2 Å². The summed E-state index contributed by atoms with van der Waals surface area (Å²) in [6, 6.07) is 6.20. The van der Waals surface area contributed by atoms with Gasteiger partial charge in [-0.25, -0.2) is 0 Å². The van der Waals surface area contributed by atoms with E-state index in [-0.39, 0.29) is 11.2 Å². The Kier molecular flexibility index (Phi) is 11.0. The number of benzene rings is 1. The number of aryl methyl sites for hydroxylation is 3. The predicted octanol–water partition coefficient (Wildman–Crippen LogP) is 7.30. The summed E-state index contributed by atoms with van der Waals surface area (Å²) in [6.45, 7) is 19.2. The minimum Gasteiger partial charge on any atom is -0.300 e. The highest BCUT2D eigenvalue weighted by molar-refractivity contribution is 6.08. The van der Waals surface area contributed by atoms with Crippen molar-refractivity contribution >= 4 is 13.6 Å². The Hall–Kier alpha value is -1.91. The van der Waals surface area contributed by atoms with Crippen molar-refractivity contribution in [2.24, 2.45) is 16.2 Å². The Labute approximate surface area is 222 Å². The molecule has 198 valence electrons. The average molecular weight is 492 g/mol. The molecule has 0 unspecified atom stereocenters. The molecular weight excluding hydrogens is 441 g/mol. The highest BCUT2D eigenvalue weighted by atomic mass is 16.1. The highest BCUT2D eigenvalue weighted by Crippen LogP contribution is 2.36. The molecule has 0 N–H and O–H groups in total. The van der Waals surface area contributed by atoms with Gasteiger partial charge in [-0.05, 0) is 79.2 Å². The van der Waals surface area contributed by atoms with Crippen molar-refractivity contribution in [1.82, 2.24) is 15.0 Å². The Bertz CT molecular complexity index is 968. The molecule has 0 atom stereocenters. The molecule has 2 aromatic rings. The number of Topliss-reactive ketones (excluding diaryl/α,β-unsaturated/α-hetero) is 1. The molecule has 0 saturated carbocycles. The summed E-state index contributed by atoms with van der Waals surface area (Å²) in [5.41, 5.74) is 5.50. The van der Waals surface area contributed by atoms with E-state index in [0.29, 0.717) is 23.6 Å². The molecule has 0 spiro atoms. The largest absolute Gasteiger partial charge is 0.300 e. The summed E-state index contributed by atoms with van der Waals surface area (Å²) in [5.74, 6) is 0.179. The molecule has 0 amide bonds. The van der Waals surface area contributed by atoms with Gasteiger partial charge in [0.15, 0.2) is 0 Å². The van der Waals surface area contributed by atoms with Crippen LogP contribution in [0.25, 0.3) is 0 Å². The lowest BCUT2D eigenvalue weighted by molar-refractivity contribution is -0.116. The van der Waals surface area contributed by atoms with E-state index in [1.807, 2.05) is 16.8 Å². The van der Waals surface area contributed by atoms with E-state index in [0.717, 1.165) is 42.6 Å². The lowest BCUT2D eigenvalue weighted by Crippen LogP contribution is -2.19. The molecule has 0 aliphatic carbocycles. The van der Waals surface area contributed by atoms with Crippen LogP contribution in [0.2, 0.25) is 0 Å². The van der Waals surface area contributed by atoms with Gasteiger partial charge in [0.05, 0.1) is 13.5 Å². The number of hydrogen-bond donors (Lipinski definition) is 0. The molecule has 36 heavy (non-hydrogen) atoms. The first-order valence-electron chi connectivity index (χ1n) is 13.9. The Morgan fingerprint density at radius 1 is 0.889 bits per heavy atom. The first kappa shape index (κ1) is 30.3. The lowest BCUT2D eigenvalue weighted by atomic mass is 9.75. The van der Waals surface area contributed by atoms with Gasteiger partial charge in [0.1, 0.15) is 5.78 Å². The first-order chi connectivity index (χ1) is 16.7. The monoisotopic (exact) mass is 491 g/mol. The van der Waals surface area contributed by atoms with Crippen LogP contribution < -0.4 is 0 Å². The lowest BCUT2D eigenvalue weighted by Gasteiger charge is -2.31. The summed E-state index contributed by atoms with van der Waals surface area (Å²) in [7, 11) is 5.84. The second-order valence-corrected chi connectivity index (χ2v) is 13.7. The van der Waals surface area contributed by atoms with Gasteiger partial charge in [-0.2, -0.15) is 0 Å². The fourth-order valence-corrected chi connectivity index (χ4v) is 4.73. The average Bonchev–Trinajstić information content (AvgIpc) is 3.23. The van der Waals surface area contributed by atoms with Crippen molar-refractivity contribution in [3.05, 3.63) is 46.8 Å². The molecule has 2 radical (unpaired) electrons. The van der Waals surface area contributed by atoms with Crippen LogP contribution in [0.4, 0.5) is 0 Å². The number of hydrogen-bond acceptors (Lipinski definition) is 3. The molecule has 0 fully saturated rings. The zero-order valence-electron chi connectivity index (χ0n) is 24.4. The topological polar surface area (TPSA) is 47.8 Å². The van der Waals surface area contributed by atoms with Crippen LogP contribution >= 0.6 is 0 Å². The molecule has 0 aliphatic rings. The summed E-state index contributed by atoms with van der Waals surface area (Å²) in [4.78, 5) is 11.7. The number of carbonyl (C=O) groups excluding carboxylic acids is 1. The Balaban J connectivity index is 1.83. The van der Waals surface area contributed by atoms with Crippen LogP contribution in [0, 0.1) is 16.2 Å². The van der Waals surface area contributed by atoms with Gasteiger partial charge in [0.25, 0.3) is 0 Å². The second kappa shape index (κ2) is 13.1. The number of aromatic nitrogens is 3. The van der Waals surface area contributed by atoms with Crippen LogP contribution in [0.3, 0.4) is 0 Å². The molecular formula is C31H50BN3O.